The van der Waals surface area contributed by atoms with E-state index in [0.29, 0.717) is 21.5 Å². The average molecular weight is 290 g/mol. The summed E-state index contributed by atoms with van der Waals surface area (Å²) >= 11 is 12.1. The first-order valence-electron chi connectivity index (χ1n) is 5.71. The summed E-state index contributed by atoms with van der Waals surface area (Å²) in [7, 11) is 0. The molecule has 0 aliphatic heterocycles. The number of benzene rings is 2. The maximum Gasteiger partial charge on any atom is 0.167 e. The molecule has 0 saturated carbocycles. The Morgan fingerprint density at radius 1 is 0.895 bits per heavy atom. The van der Waals surface area contributed by atoms with Crippen LogP contribution >= 0.6 is 23.2 Å². The summed E-state index contributed by atoms with van der Waals surface area (Å²) in [4.78, 5) is 0. The third-order valence-electron chi connectivity index (χ3n) is 2.77. The third-order valence-corrected chi connectivity index (χ3v) is 3.33. The second-order valence-electron chi connectivity index (χ2n) is 4.07. The van der Waals surface area contributed by atoms with Crippen LogP contribution in [0, 0.1) is 0 Å². The molecular weight excluding hydrogens is 281 g/mol. The molecule has 0 fully saturated rings. The van der Waals surface area contributed by atoms with Gasteiger partial charge in [-0.2, -0.15) is 0 Å². The fourth-order valence-corrected chi connectivity index (χ4v) is 2.27. The van der Waals surface area contributed by atoms with E-state index in [1.165, 1.54) is 0 Å². The Balaban J connectivity index is 2.03. The minimum Gasteiger partial charge on any atom is -0.356 e. The van der Waals surface area contributed by atoms with Gasteiger partial charge < -0.3 is 4.52 Å². The first-order valence-corrected chi connectivity index (χ1v) is 6.47. The van der Waals surface area contributed by atoms with Crippen molar-refractivity contribution < 1.29 is 4.52 Å². The fraction of sp³-hybridized carbons (Fsp3) is 0. The molecule has 19 heavy (non-hydrogen) atoms. The predicted octanol–water partition coefficient (Wildman–Crippen LogP) is 5.32. The van der Waals surface area contributed by atoms with Crippen LogP contribution in [-0.2, 0) is 0 Å². The van der Waals surface area contributed by atoms with E-state index in [9.17, 15) is 0 Å². The number of aromatic nitrogens is 1. The van der Waals surface area contributed by atoms with Crippen LogP contribution in [0.15, 0.2) is 59.1 Å². The van der Waals surface area contributed by atoms with Crippen LogP contribution in [0.3, 0.4) is 0 Å². The molecule has 0 aliphatic rings. The Morgan fingerprint density at radius 2 is 1.74 bits per heavy atom. The molecule has 0 atom stereocenters. The lowest BCUT2D eigenvalue weighted by molar-refractivity contribution is 0.435. The number of nitrogens with zero attached hydrogens (tertiary/aromatic N) is 1. The maximum atomic E-state index is 6.14. The van der Waals surface area contributed by atoms with Crippen molar-refractivity contribution in [2.45, 2.75) is 0 Å². The van der Waals surface area contributed by atoms with Gasteiger partial charge in [-0.25, -0.2) is 0 Å². The number of hydrogen-bond donors (Lipinski definition) is 0. The Hall–Kier alpha value is -1.77. The van der Waals surface area contributed by atoms with E-state index in [1.54, 1.807) is 0 Å². The van der Waals surface area contributed by atoms with Gasteiger partial charge >= 0.3 is 0 Å². The normalized spacial score (nSPS) is 10.6. The molecular formula is C15H9Cl2NO. The third kappa shape index (κ3) is 2.50. The van der Waals surface area contributed by atoms with Crippen molar-refractivity contribution in [3.63, 3.8) is 0 Å². The molecule has 1 heterocycles. The Kier molecular flexibility index (Phi) is 3.28. The molecule has 4 heteroatoms. The van der Waals surface area contributed by atoms with Gasteiger partial charge in [-0.05, 0) is 18.2 Å². The Bertz CT molecular complexity index is 721. The minimum absolute atomic E-state index is 0.647. The minimum atomic E-state index is 0.647. The summed E-state index contributed by atoms with van der Waals surface area (Å²) in [5.41, 5.74) is 2.44. The van der Waals surface area contributed by atoms with Gasteiger partial charge in [-0.3, -0.25) is 0 Å². The molecule has 0 saturated heterocycles. The fourth-order valence-electron chi connectivity index (χ4n) is 1.85. The van der Waals surface area contributed by atoms with Crippen LogP contribution in [0.2, 0.25) is 10.0 Å². The molecule has 3 aromatic rings. The highest BCUT2D eigenvalue weighted by Gasteiger charge is 2.10. The van der Waals surface area contributed by atoms with Crippen LogP contribution in [0.25, 0.3) is 22.6 Å². The first kappa shape index (κ1) is 12.3. The maximum absolute atomic E-state index is 6.14. The van der Waals surface area contributed by atoms with Crippen molar-refractivity contribution in [3.05, 3.63) is 64.6 Å². The summed E-state index contributed by atoms with van der Waals surface area (Å²) in [5, 5.41) is 5.36. The van der Waals surface area contributed by atoms with E-state index in [0.717, 1.165) is 11.1 Å². The van der Waals surface area contributed by atoms with Crippen molar-refractivity contribution in [3.8, 4) is 22.6 Å². The molecule has 0 aliphatic carbocycles. The van der Waals surface area contributed by atoms with E-state index < -0.39 is 0 Å². The highest BCUT2D eigenvalue weighted by atomic mass is 35.5. The lowest BCUT2D eigenvalue weighted by Gasteiger charge is -1.97. The van der Waals surface area contributed by atoms with E-state index in [4.69, 9.17) is 27.7 Å². The van der Waals surface area contributed by atoms with Gasteiger partial charge in [0.15, 0.2) is 5.76 Å². The topological polar surface area (TPSA) is 26.0 Å². The number of hydrogen-bond acceptors (Lipinski definition) is 2. The zero-order valence-corrected chi connectivity index (χ0v) is 11.3. The second-order valence-corrected chi connectivity index (χ2v) is 4.91. The molecule has 0 radical (unpaired) electrons. The van der Waals surface area contributed by atoms with Crippen molar-refractivity contribution in [1.29, 1.82) is 0 Å². The van der Waals surface area contributed by atoms with Crippen molar-refractivity contribution >= 4 is 23.2 Å². The van der Waals surface area contributed by atoms with Crippen LogP contribution in [0.4, 0.5) is 0 Å². The molecule has 0 amide bonds. The summed E-state index contributed by atoms with van der Waals surface area (Å²) in [6.45, 7) is 0. The molecule has 94 valence electrons. The lowest BCUT2D eigenvalue weighted by atomic mass is 10.1. The quantitative estimate of drug-likeness (QED) is 0.638. The average Bonchev–Trinajstić information content (AvgIpc) is 2.89. The van der Waals surface area contributed by atoms with Crippen molar-refractivity contribution in [2.24, 2.45) is 0 Å². The van der Waals surface area contributed by atoms with Gasteiger partial charge in [0, 0.05) is 22.2 Å². The predicted molar refractivity (Wildman–Crippen MR) is 77.4 cm³/mol. The molecule has 2 aromatic carbocycles. The van der Waals surface area contributed by atoms with Gasteiger partial charge in [-0.15, -0.1) is 0 Å². The summed E-state index contributed by atoms with van der Waals surface area (Å²) in [6.07, 6.45) is 0. The summed E-state index contributed by atoms with van der Waals surface area (Å²) in [6, 6.07) is 16.8. The standard InChI is InChI=1S/C15H9Cl2NO/c16-11-5-3-4-10(8-11)15-9-14(18-19-15)12-6-1-2-7-13(12)17/h1-9H. The van der Waals surface area contributed by atoms with Gasteiger partial charge in [-0.1, -0.05) is 58.7 Å². The monoisotopic (exact) mass is 289 g/mol. The molecule has 0 N–H and O–H groups in total. The molecule has 3 rings (SSSR count). The van der Waals surface area contributed by atoms with E-state index >= 15 is 0 Å². The van der Waals surface area contributed by atoms with Crippen LogP contribution in [0.1, 0.15) is 0 Å². The van der Waals surface area contributed by atoms with E-state index in [1.807, 2.05) is 54.6 Å². The highest BCUT2D eigenvalue weighted by Crippen LogP contribution is 2.31. The Labute approximate surface area is 120 Å². The smallest absolute Gasteiger partial charge is 0.167 e. The molecule has 0 unspecified atom stereocenters. The molecule has 0 bridgehead atoms. The largest absolute Gasteiger partial charge is 0.356 e. The van der Waals surface area contributed by atoms with Gasteiger partial charge in [0.2, 0.25) is 0 Å². The zero-order valence-electron chi connectivity index (χ0n) is 9.81. The van der Waals surface area contributed by atoms with Crippen LogP contribution < -0.4 is 0 Å². The van der Waals surface area contributed by atoms with Crippen LogP contribution in [-0.4, -0.2) is 5.16 Å². The van der Waals surface area contributed by atoms with Gasteiger partial charge in [0.1, 0.15) is 5.69 Å². The van der Waals surface area contributed by atoms with Crippen molar-refractivity contribution in [2.75, 3.05) is 0 Å². The summed E-state index contributed by atoms with van der Waals surface area (Å²) in [5.74, 6) is 0.664. The van der Waals surface area contributed by atoms with Crippen LogP contribution in [0.5, 0.6) is 0 Å². The second kappa shape index (κ2) is 5.08. The van der Waals surface area contributed by atoms with Gasteiger partial charge in [0.05, 0.1) is 5.02 Å². The number of halogens is 2. The SMILES string of the molecule is Clc1cccc(-c2cc(-c3ccccc3Cl)no2)c1. The molecule has 1 aromatic heterocycles. The molecule has 2 nitrogen and oxygen atoms in total. The number of rotatable bonds is 2. The van der Waals surface area contributed by atoms with E-state index in [2.05, 4.69) is 5.16 Å². The zero-order chi connectivity index (χ0) is 13.2. The first-order chi connectivity index (χ1) is 9.24. The lowest BCUT2D eigenvalue weighted by Crippen LogP contribution is -1.77. The van der Waals surface area contributed by atoms with Crippen molar-refractivity contribution in [1.82, 2.24) is 5.16 Å². The van der Waals surface area contributed by atoms with E-state index in [-0.39, 0.29) is 0 Å². The van der Waals surface area contributed by atoms with Gasteiger partial charge in [0.25, 0.3) is 0 Å². The highest BCUT2D eigenvalue weighted by molar-refractivity contribution is 6.33. The molecule has 0 spiro atoms. The summed E-state index contributed by atoms with van der Waals surface area (Å²) < 4.78 is 5.35. The Morgan fingerprint density at radius 3 is 2.53 bits per heavy atom.